The third kappa shape index (κ3) is 4.82. The Kier molecular flexibility index (Phi) is 6.28. The van der Waals surface area contributed by atoms with E-state index in [4.69, 9.17) is 0 Å². The highest BCUT2D eigenvalue weighted by atomic mass is 32.2. The SMILES string of the molecule is O=C1CCCN1c1ccc(S(=O)(=O)N2CCN(Cc3cccc(C(F)(F)F)c3)CC2)cc1. The predicted molar refractivity (Wildman–Crippen MR) is 114 cm³/mol. The van der Waals surface area contributed by atoms with Gasteiger partial charge in [-0.05, 0) is 42.3 Å². The van der Waals surface area contributed by atoms with E-state index in [0.717, 1.165) is 18.6 Å². The quantitative estimate of drug-likeness (QED) is 0.677. The highest BCUT2D eigenvalue weighted by Gasteiger charge is 2.31. The van der Waals surface area contributed by atoms with Crippen LogP contribution in [0.4, 0.5) is 18.9 Å². The van der Waals surface area contributed by atoms with Crippen LogP contribution in [0, 0.1) is 0 Å². The van der Waals surface area contributed by atoms with Crippen molar-refractivity contribution in [3.63, 3.8) is 0 Å². The molecule has 0 unspecified atom stereocenters. The Morgan fingerprint density at radius 3 is 2.19 bits per heavy atom. The fraction of sp³-hybridized carbons (Fsp3) is 0.409. The number of hydrogen-bond acceptors (Lipinski definition) is 4. The molecule has 0 aromatic heterocycles. The van der Waals surface area contributed by atoms with E-state index in [1.807, 2.05) is 4.90 Å². The second-order valence-electron chi connectivity index (χ2n) is 8.02. The molecule has 2 heterocycles. The number of sulfonamides is 1. The molecule has 32 heavy (non-hydrogen) atoms. The summed E-state index contributed by atoms with van der Waals surface area (Å²) in [6, 6.07) is 11.6. The van der Waals surface area contributed by atoms with Crippen molar-refractivity contribution in [2.45, 2.75) is 30.5 Å². The number of carbonyl (C=O) groups excluding carboxylic acids is 1. The van der Waals surface area contributed by atoms with Crippen molar-refractivity contribution in [2.24, 2.45) is 0 Å². The Morgan fingerprint density at radius 2 is 1.59 bits per heavy atom. The summed E-state index contributed by atoms with van der Waals surface area (Å²) in [6.45, 7) is 2.34. The lowest BCUT2D eigenvalue weighted by Gasteiger charge is -2.34. The second kappa shape index (κ2) is 8.84. The molecule has 6 nitrogen and oxygen atoms in total. The van der Waals surface area contributed by atoms with Crippen molar-refractivity contribution < 1.29 is 26.4 Å². The van der Waals surface area contributed by atoms with Gasteiger partial charge >= 0.3 is 6.18 Å². The molecule has 0 aliphatic carbocycles. The molecule has 2 aliphatic heterocycles. The molecule has 172 valence electrons. The van der Waals surface area contributed by atoms with Crippen LogP contribution in [0.2, 0.25) is 0 Å². The summed E-state index contributed by atoms with van der Waals surface area (Å²) in [6.07, 6.45) is -3.09. The number of carbonyl (C=O) groups is 1. The van der Waals surface area contributed by atoms with Gasteiger partial charge in [-0.2, -0.15) is 17.5 Å². The molecule has 0 spiro atoms. The number of alkyl halides is 3. The van der Waals surface area contributed by atoms with E-state index in [0.29, 0.717) is 43.9 Å². The van der Waals surface area contributed by atoms with Crippen molar-refractivity contribution in [3.8, 4) is 0 Å². The molecular weight excluding hydrogens is 443 g/mol. The maximum atomic E-state index is 13.0. The van der Waals surface area contributed by atoms with Gasteiger partial charge in [-0.3, -0.25) is 9.69 Å². The third-order valence-electron chi connectivity index (χ3n) is 5.85. The van der Waals surface area contributed by atoms with Crippen molar-refractivity contribution in [3.05, 3.63) is 59.7 Å². The number of rotatable bonds is 5. The largest absolute Gasteiger partial charge is 0.416 e. The minimum absolute atomic E-state index is 0.0394. The fourth-order valence-electron chi connectivity index (χ4n) is 4.10. The van der Waals surface area contributed by atoms with E-state index in [1.165, 1.54) is 22.5 Å². The number of halogens is 3. The van der Waals surface area contributed by atoms with Crippen LogP contribution in [0.5, 0.6) is 0 Å². The van der Waals surface area contributed by atoms with Gasteiger partial charge < -0.3 is 4.90 Å². The number of nitrogens with zero attached hydrogens (tertiary/aromatic N) is 3. The maximum absolute atomic E-state index is 13.0. The number of piperazine rings is 1. The van der Waals surface area contributed by atoms with Crippen LogP contribution in [-0.2, 0) is 27.5 Å². The molecule has 2 aromatic rings. The zero-order valence-corrected chi connectivity index (χ0v) is 18.2. The average molecular weight is 468 g/mol. The van der Waals surface area contributed by atoms with Gasteiger partial charge in [0.2, 0.25) is 15.9 Å². The van der Waals surface area contributed by atoms with E-state index in [-0.39, 0.29) is 23.9 Å². The van der Waals surface area contributed by atoms with E-state index < -0.39 is 21.8 Å². The minimum Gasteiger partial charge on any atom is -0.312 e. The van der Waals surface area contributed by atoms with Gasteiger partial charge in [0.25, 0.3) is 0 Å². The fourth-order valence-corrected chi connectivity index (χ4v) is 5.52. The Hall–Kier alpha value is -2.43. The molecule has 0 atom stereocenters. The van der Waals surface area contributed by atoms with Gasteiger partial charge in [-0.1, -0.05) is 18.2 Å². The molecular formula is C22H24F3N3O3S. The van der Waals surface area contributed by atoms with E-state index in [1.54, 1.807) is 23.1 Å². The van der Waals surface area contributed by atoms with Crippen molar-refractivity contribution >= 4 is 21.6 Å². The highest BCUT2D eigenvalue weighted by molar-refractivity contribution is 7.89. The average Bonchev–Trinajstić information content (AvgIpc) is 3.20. The van der Waals surface area contributed by atoms with Gasteiger partial charge in [0.15, 0.2) is 0 Å². The zero-order valence-electron chi connectivity index (χ0n) is 17.4. The van der Waals surface area contributed by atoms with Crippen LogP contribution < -0.4 is 4.90 Å². The molecule has 0 N–H and O–H groups in total. The Labute approximate surface area is 185 Å². The van der Waals surface area contributed by atoms with Gasteiger partial charge in [0.05, 0.1) is 10.5 Å². The normalized spacial score (nSPS) is 19.0. The van der Waals surface area contributed by atoms with Crippen LogP contribution in [0.25, 0.3) is 0 Å². The van der Waals surface area contributed by atoms with E-state index in [9.17, 15) is 26.4 Å². The summed E-state index contributed by atoms with van der Waals surface area (Å²) in [5.41, 5.74) is 0.552. The van der Waals surface area contributed by atoms with Crippen LogP contribution in [-0.4, -0.2) is 56.3 Å². The molecule has 2 saturated heterocycles. The molecule has 1 amide bonds. The Bertz CT molecular complexity index is 1080. The number of benzene rings is 2. The Balaban J connectivity index is 1.38. The molecule has 0 radical (unpaired) electrons. The topological polar surface area (TPSA) is 60.9 Å². The van der Waals surface area contributed by atoms with Gasteiger partial charge in [0.1, 0.15) is 0 Å². The lowest BCUT2D eigenvalue weighted by Crippen LogP contribution is -2.48. The summed E-state index contributed by atoms with van der Waals surface area (Å²) in [5, 5.41) is 0. The molecule has 2 aliphatic rings. The number of hydrogen-bond donors (Lipinski definition) is 0. The highest BCUT2D eigenvalue weighted by Crippen LogP contribution is 2.30. The first kappa shape index (κ1) is 22.8. The van der Waals surface area contributed by atoms with Crippen molar-refractivity contribution in [1.29, 1.82) is 0 Å². The zero-order chi connectivity index (χ0) is 22.9. The molecule has 4 rings (SSSR count). The second-order valence-corrected chi connectivity index (χ2v) is 9.96. The molecule has 0 saturated carbocycles. The smallest absolute Gasteiger partial charge is 0.312 e. The maximum Gasteiger partial charge on any atom is 0.416 e. The molecule has 2 fully saturated rings. The van der Waals surface area contributed by atoms with Crippen molar-refractivity contribution in [1.82, 2.24) is 9.21 Å². The first-order chi connectivity index (χ1) is 15.1. The summed E-state index contributed by atoms with van der Waals surface area (Å²) in [5.74, 6) is 0.0394. The van der Waals surface area contributed by atoms with Gasteiger partial charge in [-0.15, -0.1) is 0 Å². The van der Waals surface area contributed by atoms with Crippen molar-refractivity contribution in [2.75, 3.05) is 37.6 Å². The lowest BCUT2D eigenvalue weighted by molar-refractivity contribution is -0.137. The van der Waals surface area contributed by atoms with Crippen LogP contribution in [0.1, 0.15) is 24.0 Å². The summed E-state index contributed by atoms with van der Waals surface area (Å²) >= 11 is 0. The first-order valence-corrected chi connectivity index (χ1v) is 11.9. The number of anilines is 1. The van der Waals surface area contributed by atoms with Gasteiger partial charge in [-0.25, -0.2) is 8.42 Å². The monoisotopic (exact) mass is 467 g/mol. The first-order valence-electron chi connectivity index (χ1n) is 10.4. The van der Waals surface area contributed by atoms with Crippen LogP contribution >= 0.6 is 0 Å². The standard InChI is InChI=1S/C22H24F3N3O3S/c23-22(24,25)18-4-1-3-17(15-18)16-26-11-13-27(14-12-26)32(30,31)20-8-6-19(7-9-20)28-10-2-5-21(28)29/h1,3-4,6-9,15H,2,5,10-14,16H2. The molecule has 2 aromatic carbocycles. The van der Waals surface area contributed by atoms with E-state index >= 15 is 0 Å². The van der Waals surface area contributed by atoms with E-state index in [2.05, 4.69) is 0 Å². The predicted octanol–water partition coefficient (Wildman–Crippen LogP) is 3.34. The Morgan fingerprint density at radius 1 is 0.906 bits per heavy atom. The summed E-state index contributed by atoms with van der Waals surface area (Å²) in [7, 11) is -3.68. The minimum atomic E-state index is -4.39. The number of amides is 1. The summed E-state index contributed by atoms with van der Waals surface area (Å²) < 4.78 is 66.2. The molecule has 10 heteroatoms. The lowest BCUT2D eigenvalue weighted by atomic mass is 10.1. The van der Waals surface area contributed by atoms with Crippen LogP contribution in [0.15, 0.2) is 53.4 Å². The van der Waals surface area contributed by atoms with Crippen LogP contribution in [0.3, 0.4) is 0 Å². The summed E-state index contributed by atoms with van der Waals surface area (Å²) in [4.78, 5) is 15.6. The third-order valence-corrected chi connectivity index (χ3v) is 7.76. The van der Waals surface area contributed by atoms with Gasteiger partial charge in [0, 0.05) is 51.4 Å². The molecule has 0 bridgehead atoms.